The van der Waals surface area contributed by atoms with Gasteiger partial charge in [0.05, 0.1) is 28.6 Å². The molecule has 3 aromatic rings. The van der Waals surface area contributed by atoms with Gasteiger partial charge in [-0.25, -0.2) is 8.42 Å². The van der Waals surface area contributed by atoms with Crippen LogP contribution in [0.5, 0.6) is 5.75 Å². The van der Waals surface area contributed by atoms with Crippen LogP contribution in [0.4, 0.5) is 5.69 Å². The number of aromatic nitrogens is 1. The summed E-state index contributed by atoms with van der Waals surface area (Å²) >= 11 is 12.2. The maximum Gasteiger partial charge on any atom is 0.243 e. The van der Waals surface area contributed by atoms with E-state index in [1.807, 2.05) is 25.1 Å². The van der Waals surface area contributed by atoms with Gasteiger partial charge in [-0.05, 0) is 55.8 Å². The number of amides is 1. The van der Waals surface area contributed by atoms with Crippen molar-refractivity contribution in [2.45, 2.75) is 25.2 Å². The first-order valence-corrected chi connectivity index (χ1v) is 13.4. The van der Waals surface area contributed by atoms with Crippen molar-refractivity contribution in [3.05, 3.63) is 58.7 Å². The molecular formula is C24H28Cl2N4O4S. The lowest BCUT2D eigenvalue weighted by atomic mass is 10.2. The maximum atomic E-state index is 13.0. The van der Waals surface area contributed by atoms with Gasteiger partial charge in [0, 0.05) is 41.9 Å². The molecule has 0 unspecified atom stereocenters. The fourth-order valence-corrected chi connectivity index (χ4v) is 5.36. The molecule has 8 nitrogen and oxygen atoms in total. The van der Waals surface area contributed by atoms with Crippen molar-refractivity contribution in [3.8, 4) is 5.75 Å². The number of halogens is 2. The second-order valence-corrected chi connectivity index (χ2v) is 10.4. The molecule has 0 saturated heterocycles. The number of nitrogens with zero attached hydrogens (tertiary/aromatic N) is 2. The second kappa shape index (κ2) is 12.4. The maximum absolute atomic E-state index is 13.0. The van der Waals surface area contributed by atoms with E-state index in [4.69, 9.17) is 27.9 Å². The third-order valence-electron chi connectivity index (χ3n) is 5.21. The summed E-state index contributed by atoms with van der Waals surface area (Å²) in [4.78, 5) is 16.8. The Morgan fingerprint density at radius 2 is 1.89 bits per heavy atom. The predicted octanol–water partition coefficient (Wildman–Crippen LogP) is 4.57. The molecular weight excluding hydrogens is 511 g/mol. The number of carbonyl (C=O) groups excluding carboxylic acids is 1. The van der Waals surface area contributed by atoms with E-state index in [1.165, 1.54) is 18.2 Å². The molecule has 0 radical (unpaired) electrons. The quantitative estimate of drug-likeness (QED) is 0.327. The van der Waals surface area contributed by atoms with E-state index in [1.54, 1.807) is 19.2 Å². The number of rotatable bonds is 12. The van der Waals surface area contributed by atoms with E-state index >= 15 is 0 Å². The van der Waals surface area contributed by atoms with Crippen LogP contribution >= 0.6 is 23.2 Å². The Bertz CT molecular complexity index is 1290. The summed E-state index contributed by atoms with van der Waals surface area (Å²) in [7, 11) is -3.89. The Hall–Kier alpha value is -2.59. The molecule has 0 bridgehead atoms. The van der Waals surface area contributed by atoms with Crippen molar-refractivity contribution in [2.75, 3.05) is 38.1 Å². The molecule has 1 aromatic heterocycles. The predicted molar refractivity (Wildman–Crippen MR) is 140 cm³/mol. The van der Waals surface area contributed by atoms with Crippen molar-refractivity contribution in [3.63, 3.8) is 0 Å². The van der Waals surface area contributed by atoms with Crippen LogP contribution < -0.4 is 15.4 Å². The molecule has 1 heterocycles. The van der Waals surface area contributed by atoms with Crippen LogP contribution in [0.25, 0.3) is 10.9 Å². The van der Waals surface area contributed by atoms with Gasteiger partial charge < -0.3 is 15.4 Å². The normalized spacial score (nSPS) is 11.6. The topological polar surface area (TPSA) is 101 Å². The molecule has 0 aliphatic heterocycles. The Labute approximate surface area is 215 Å². The van der Waals surface area contributed by atoms with E-state index in [0.717, 1.165) is 20.9 Å². The van der Waals surface area contributed by atoms with Gasteiger partial charge in [0.25, 0.3) is 0 Å². The number of fused-ring (bicyclic) bond motifs is 1. The highest BCUT2D eigenvalue weighted by Crippen LogP contribution is 2.29. The molecule has 0 aliphatic rings. The number of sulfonamides is 1. The lowest BCUT2D eigenvalue weighted by molar-refractivity contribution is -0.121. The minimum absolute atomic E-state index is 0.00988. The third kappa shape index (κ3) is 6.98. The van der Waals surface area contributed by atoms with Gasteiger partial charge in [-0.15, -0.1) is 0 Å². The number of pyridine rings is 1. The number of ether oxygens (including phenoxy) is 1. The molecule has 0 spiro atoms. The van der Waals surface area contributed by atoms with Gasteiger partial charge in [-0.2, -0.15) is 4.31 Å². The fourth-order valence-electron chi connectivity index (χ4n) is 3.46. The molecule has 0 fully saturated rings. The van der Waals surface area contributed by atoms with Crippen LogP contribution in [0.2, 0.25) is 10.0 Å². The van der Waals surface area contributed by atoms with E-state index < -0.39 is 10.0 Å². The molecule has 3 rings (SSSR count). The summed E-state index contributed by atoms with van der Waals surface area (Å²) in [6.45, 7) is 4.77. The number of carbonyl (C=O) groups is 1. The minimum atomic E-state index is -3.89. The largest absolute Gasteiger partial charge is 0.492 e. The number of benzene rings is 2. The molecule has 0 saturated carbocycles. The summed E-state index contributed by atoms with van der Waals surface area (Å²) in [5, 5.41) is 7.89. The highest BCUT2D eigenvalue weighted by atomic mass is 35.5. The highest BCUT2D eigenvalue weighted by Gasteiger charge is 2.26. The van der Waals surface area contributed by atoms with Crippen LogP contribution in [0.15, 0.2) is 53.6 Å². The Morgan fingerprint density at radius 1 is 1.09 bits per heavy atom. The highest BCUT2D eigenvalue weighted by molar-refractivity contribution is 7.89. The summed E-state index contributed by atoms with van der Waals surface area (Å²) in [5.74, 6) is 0.0301. The first-order chi connectivity index (χ1) is 16.8. The van der Waals surface area contributed by atoms with Crippen molar-refractivity contribution >= 4 is 55.7 Å². The zero-order valence-electron chi connectivity index (χ0n) is 19.6. The fraction of sp³-hybridized carbons (Fsp3) is 0.333. The number of nitrogens with one attached hydrogen (secondary N) is 2. The average molecular weight is 539 g/mol. The van der Waals surface area contributed by atoms with Crippen LogP contribution in [0.3, 0.4) is 0 Å². The van der Waals surface area contributed by atoms with Crippen molar-refractivity contribution in [1.29, 1.82) is 0 Å². The smallest absolute Gasteiger partial charge is 0.243 e. The van der Waals surface area contributed by atoms with Crippen LogP contribution in [-0.2, 0) is 14.8 Å². The third-order valence-corrected chi connectivity index (χ3v) is 7.66. The zero-order valence-corrected chi connectivity index (χ0v) is 21.9. The van der Waals surface area contributed by atoms with E-state index in [-0.39, 0.29) is 28.9 Å². The van der Waals surface area contributed by atoms with Gasteiger partial charge >= 0.3 is 0 Å². The van der Waals surface area contributed by atoms with Crippen molar-refractivity contribution < 1.29 is 17.9 Å². The number of hydrogen-bond donors (Lipinski definition) is 2. The SMILES string of the molecule is CCOc1ccc(S(=O)(=O)N(CC)CC(=O)NCCCNc2ccnc3cc(Cl)ccc23)cc1Cl. The minimum Gasteiger partial charge on any atom is -0.492 e. The van der Waals surface area contributed by atoms with E-state index in [0.29, 0.717) is 36.9 Å². The van der Waals surface area contributed by atoms with E-state index in [2.05, 4.69) is 15.6 Å². The Kier molecular flexibility index (Phi) is 9.56. The summed E-state index contributed by atoms with van der Waals surface area (Å²) in [6, 6.07) is 11.7. The molecule has 0 aliphatic carbocycles. The first-order valence-electron chi connectivity index (χ1n) is 11.2. The summed E-state index contributed by atoms with van der Waals surface area (Å²) < 4.78 is 32.5. The average Bonchev–Trinajstić information content (AvgIpc) is 2.83. The number of anilines is 1. The lowest BCUT2D eigenvalue weighted by Crippen LogP contribution is -2.41. The second-order valence-electron chi connectivity index (χ2n) is 7.61. The van der Waals surface area contributed by atoms with Crippen molar-refractivity contribution in [1.82, 2.24) is 14.6 Å². The van der Waals surface area contributed by atoms with Gasteiger partial charge in [-0.3, -0.25) is 9.78 Å². The molecule has 2 aromatic carbocycles. The molecule has 0 atom stereocenters. The van der Waals surface area contributed by atoms with Crippen LogP contribution in [0.1, 0.15) is 20.3 Å². The zero-order chi connectivity index (χ0) is 25.4. The molecule has 2 N–H and O–H groups in total. The number of likely N-dealkylation sites (N-methyl/N-ethyl adjacent to an activating group) is 1. The summed E-state index contributed by atoms with van der Waals surface area (Å²) in [5.41, 5.74) is 1.72. The van der Waals surface area contributed by atoms with Gasteiger partial charge in [0.1, 0.15) is 5.75 Å². The summed E-state index contributed by atoms with van der Waals surface area (Å²) in [6.07, 6.45) is 2.36. The standard InChI is InChI=1S/C24H28Cl2N4O4S/c1-3-30(35(32,33)18-7-9-23(34-4-2)20(26)15-18)16-24(31)29-12-5-11-27-21-10-13-28-22-14-17(25)6-8-19(21)22/h6-10,13-15H,3-5,11-12,16H2,1-2H3,(H,27,28)(H,29,31). The molecule has 1 amide bonds. The first kappa shape index (κ1) is 27.0. The molecule has 188 valence electrons. The monoisotopic (exact) mass is 538 g/mol. The van der Waals surface area contributed by atoms with Gasteiger partial charge in [0.2, 0.25) is 15.9 Å². The van der Waals surface area contributed by atoms with Gasteiger partial charge in [-0.1, -0.05) is 30.1 Å². The van der Waals surface area contributed by atoms with Crippen LogP contribution in [-0.4, -0.2) is 56.4 Å². The molecule has 35 heavy (non-hydrogen) atoms. The lowest BCUT2D eigenvalue weighted by Gasteiger charge is -2.20. The molecule has 11 heteroatoms. The van der Waals surface area contributed by atoms with Crippen molar-refractivity contribution in [2.24, 2.45) is 0 Å². The van der Waals surface area contributed by atoms with E-state index in [9.17, 15) is 13.2 Å². The Morgan fingerprint density at radius 3 is 2.60 bits per heavy atom. The van der Waals surface area contributed by atoms with Gasteiger partial charge in [0.15, 0.2) is 0 Å². The number of hydrogen-bond acceptors (Lipinski definition) is 6. The van der Waals surface area contributed by atoms with Crippen LogP contribution in [0, 0.1) is 0 Å². The Balaban J connectivity index is 1.51.